The van der Waals surface area contributed by atoms with Crippen molar-refractivity contribution in [2.45, 2.75) is 25.7 Å². The van der Waals surface area contributed by atoms with Gasteiger partial charge in [0, 0.05) is 22.7 Å². The zero-order chi connectivity index (χ0) is 19.5. The Morgan fingerprint density at radius 3 is 2.82 bits per heavy atom. The third-order valence-corrected chi connectivity index (χ3v) is 4.94. The molecule has 144 valence electrons. The van der Waals surface area contributed by atoms with E-state index in [2.05, 4.69) is 5.32 Å². The van der Waals surface area contributed by atoms with E-state index < -0.39 is 5.97 Å². The first kappa shape index (κ1) is 18.1. The molecular formula is C22H21NO5. The Hall–Kier alpha value is -3.28. The van der Waals surface area contributed by atoms with Crippen LogP contribution in [0.15, 0.2) is 47.1 Å². The average molecular weight is 379 g/mol. The van der Waals surface area contributed by atoms with Gasteiger partial charge < -0.3 is 19.2 Å². The highest BCUT2D eigenvalue weighted by Crippen LogP contribution is 2.26. The van der Waals surface area contributed by atoms with Gasteiger partial charge in [0.1, 0.15) is 11.3 Å². The molecule has 0 unspecified atom stereocenters. The third-order valence-electron chi connectivity index (χ3n) is 4.94. The van der Waals surface area contributed by atoms with Crippen molar-refractivity contribution in [3.8, 4) is 5.75 Å². The molecule has 1 heterocycles. The lowest BCUT2D eigenvalue weighted by Gasteiger charge is -2.08. The molecule has 1 amide bonds. The Labute approximate surface area is 162 Å². The summed E-state index contributed by atoms with van der Waals surface area (Å²) in [5, 5.41) is 3.60. The molecular weight excluding hydrogens is 358 g/mol. The van der Waals surface area contributed by atoms with Gasteiger partial charge in [-0.1, -0.05) is 6.07 Å². The lowest BCUT2D eigenvalue weighted by Crippen LogP contribution is -2.21. The smallest absolute Gasteiger partial charge is 0.310 e. The van der Waals surface area contributed by atoms with Gasteiger partial charge in [-0.25, -0.2) is 0 Å². The third kappa shape index (κ3) is 3.86. The molecule has 2 aromatic carbocycles. The van der Waals surface area contributed by atoms with Crippen molar-refractivity contribution in [1.29, 1.82) is 0 Å². The number of anilines is 1. The summed E-state index contributed by atoms with van der Waals surface area (Å²) >= 11 is 0. The summed E-state index contributed by atoms with van der Waals surface area (Å²) in [6.07, 6.45) is 4.84. The molecule has 0 saturated carbocycles. The zero-order valence-corrected chi connectivity index (χ0v) is 15.6. The van der Waals surface area contributed by atoms with Gasteiger partial charge in [-0.15, -0.1) is 0 Å². The molecule has 1 aromatic heterocycles. The fourth-order valence-electron chi connectivity index (χ4n) is 3.53. The minimum absolute atomic E-state index is 0.0332. The molecule has 0 aliphatic heterocycles. The maximum absolute atomic E-state index is 12.1. The molecule has 6 heteroatoms. The standard InChI is InChI=1S/C22H21NO5/c1-26-18-7-8-19-16(12-27-20(19)11-18)10-22(25)28-13-21(24)23-17-6-5-14-3-2-4-15(14)9-17/h5-9,11-12H,2-4,10,13H2,1H3,(H,23,24). The van der Waals surface area contributed by atoms with E-state index >= 15 is 0 Å². The maximum Gasteiger partial charge on any atom is 0.310 e. The van der Waals surface area contributed by atoms with E-state index in [1.54, 1.807) is 19.2 Å². The normalized spacial score (nSPS) is 12.6. The Balaban J connectivity index is 1.31. The van der Waals surface area contributed by atoms with E-state index in [0.717, 1.165) is 30.3 Å². The van der Waals surface area contributed by atoms with Crippen LogP contribution in [0.5, 0.6) is 5.75 Å². The minimum Gasteiger partial charge on any atom is -0.497 e. The number of hydrogen-bond acceptors (Lipinski definition) is 5. The molecule has 0 bridgehead atoms. The van der Waals surface area contributed by atoms with Gasteiger partial charge in [-0.05, 0) is 54.7 Å². The largest absolute Gasteiger partial charge is 0.497 e. The minimum atomic E-state index is -0.484. The van der Waals surface area contributed by atoms with Crippen LogP contribution in [0, 0.1) is 0 Å². The molecule has 4 rings (SSSR count). The fraction of sp³-hybridized carbons (Fsp3) is 0.273. The van der Waals surface area contributed by atoms with Crippen molar-refractivity contribution in [3.05, 3.63) is 59.4 Å². The Morgan fingerprint density at radius 2 is 1.96 bits per heavy atom. The van der Waals surface area contributed by atoms with Gasteiger partial charge in [-0.3, -0.25) is 9.59 Å². The molecule has 0 spiro atoms. The number of ether oxygens (including phenoxy) is 2. The number of hydrogen-bond donors (Lipinski definition) is 1. The fourth-order valence-corrected chi connectivity index (χ4v) is 3.53. The number of carbonyl (C=O) groups excluding carboxylic acids is 2. The van der Waals surface area contributed by atoms with E-state index in [-0.39, 0.29) is 18.9 Å². The van der Waals surface area contributed by atoms with Crippen LogP contribution in [0.4, 0.5) is 5.69 Å². The highest BCUT2D eigenvalue weighted by Gasteiger charge is 2.15. The highest BCUT2D eigenvalue weighted by atomic mass is 16.5. The van der Waals surface area contributed by atoms with Crippen LogP contribution in [-0.4, -0.2) is 25.6 Å². The topological polar surface area (TPSA) is 77.8 Å². The van der Waals surface area contributed by atoms with Crippen molar-refractivity contribution in [2.24, 2.45) is 0 Å². The number of methoxy groups -OCH3 is 1. The summed E-state index contributed by atoms with van der Waals surface area (Å²) < 4.78 is 15.7. The lowest BCUT2D eigenvalue weighted by molar-refractivity contribution is -0.146. The molecule has 1 aliphatic rings. The summed E-state index contributed by atoms with van der Waals surface area (Å²) in [7, 11) is 1.58. The molecule has 1 aliphatic carbocycles. The first-order valence-electron chi connectivity index (χ1n) is 9.24. The van der Waals surface area contributed by atoms with Crippen LogP contribution in [0.25, 0.3) is 11.0 Å². The summed E-state index contributed by atoms with van der Waals surface area (Å²) in [6.45, 7) is -0.320. The second kappa shape index (κ2) is 7.76. The molecule has 0 saturated heterocycles. The maximum atomic E-state index is 12.1. The molecule has 0 atom stereocenters. The van der Waals surface area contributed by atoms with Crippen LogP contribution in [0.1, 0.15) is 23.1 Å². The quantitative estimate of drug-likeness (QED) is 0.662. The van der Waals surface area contributed by atoms with Crippen LogP contribution >= 0.6 is 0 Å². The Bertz CT molecular complexity index is 1040. The predicted molar refractivity (Wildman–Crippen MR) is 105 cm³/mol. The van der Waals surface area contributed by atoms with E-state index in [1.165, 1.54) is 17.4 Å². The van der Waals surface area contributed by atoms with Crippen molar-refractivity contribution in [2.75, 3.05) is 19.0 Å². The monoisotopic (exact) mass is 379 g/mol. The van der Waals surface area contributed by atoms with Gasteiger partial charge in [0.25, 0.3) is 5.91 Å². The number of nitrogens with one attached hydrogen (secondary N) is 1. The average Bonchev–Trinajstić information content (AvgIpc) is 3.32. The summed E-state index contributed by atoms with van der Waals surface area (Å²) in [5.74, 6) is -0.157. The number of rotatable bonds is 6. The molecule has 0 fully saturated rings. The van der Waals surface area contributed by atoms with E-state index in [1.807, 2.05) is 24.3 Å². The summed E-state index contributed by atoms with van der Waals surface area (Å²) in [4.78, 5) is 24.2. The number of furan rings is 1. The van der Waals surface area contributed by atoms with Gasteiger partial charge in [0.2, 0.25) is 0 Å². The molecule has 3 aromatic rings. The van der Waals surface area contributed by atoms with E-state index in [0.29, 0.717) is 16.9 Å². The summed E-state index contributed by atoms with van der Waals surface area (Å²) in [6, 6.07) is 11.3. The number of amides is 1. The van der Waals surface area contributed by atoms with Gasteiger partial charge in [0.15, 0.2) is 6.61 Å². The number of benzene rings is 2. The Kier molecular flexibility index (Phi) is 5.02. The van der Waals surface area contributed by atoms with Crippen molar-refractivity contribution >= 4 is 28.5 Å². The molecule has 1 N–H and O–H groups in total. The second-order valence-corrected chi connectivity index (χ2v) is 6.85. The first-order valence-corrected chi connectivity index (χ1v) is 9.24. The van der Waals surface area contributed by atoms with Crippen LogP contribution in [0.3, 0.4) is 0 Å². The SMILES string of the molecule is COc1ccc2c(CC(=O)OCC(=O)Nc3ccc4c(c3)CCC4)coc2c1. The molecule has 28 heavy (non-hydrogen) atoms. The predicted octanol–water partition coefficient (Wildman–Crippen LogP) is 3.65. The van der Waals surface area contributed by atoms with Crippen LogP contribution in [-0.2, 0) is 33.6 Å². The van der Waals surface area contributed by atoms with E-state index in [9.17, 15) is 9.59 Å². The van der Waals surface area contributed by atoms with Gasteiger partial charge >= 0.3 is 5.97 Å². The second-order valence-electron chi connectivity index (χ2n) is 6.85. The van der Waals surface area contributed by atoms with Gasteiger partial charge in [-0.2, -0.15) is 0 Å². The van der Waals surface area contributed by atoms with Crippen molar-refractivity contribution < 1.29 is 23.5 Å². The Morgan fingerprint density at radius 1 is 1.11 bits per heavy atom. The van der Waals surface area contributed by atoms with Crippen LogP contribution in [0.2, 0.25) is 0 Å². The molecule has 0 radical (unpaired) electrons. The highest BCUT2D eigenvalue weighted by molar-refractivity contribution is 5.93. The number of esters is 1. The van der Waals surface area contributed by atoms with Gasteiger partial charge in [0.05, 0.1) is 19.8 Å². The van der Waals surface area contributed by atoms with Crippen molar-refractivity contribution in [3.63, 3.8) is 0 Å². The zero-order valence-electron chi connectivity index (χ0n) is 15.6. The summed E-state index contributed by atoms with van der Waals surface area (Å²) in [5.41, 5.74) is 4.70. The lowest BCUT2D eigenvalue weighted by atomic mass is 10.1. The number of carbonyl (C=O) groups is 2. The van der Waals surface area contributed by atoms with Crippen molar-refractivity contribution in [1.82, 2.24) is 0 Å². The first-order chi connectivity index (χ1) is 13.6. The number of fused-ring (bicyclic) bond motifs is 2. The van der Waals surface area contributed by atoms with E-state index in [4.69, 9.17) is 13.9 Å². The molecule has 6 nitrogen and oxygen atoms in total. The number of aryl methyl sites for hydroxylation is 2. The van der Waals surface area contributed by atoms with Crippen LogP contribution < -0.4 is 10.1 Å².